The number of nitrogens with zero attached hydrogens (tertiary/aromatic N) is 1. The first-order valence-corrected chi connectivity index (χ1v) is 11.1. The van der Waals surface area contributed by atoms with E-state index in [2.05, 4.69) is 10.6 Å². The van der Waals surface area contributed by atoms with Gasteiger partial charge in [0.2, 0.25) is 5.91 Å². The molecule has 4 saturated carbocycles. The number of carbonyl (C=O) groups excluding carboxylic acids is 2. The van der Waals surface area contributed by atoms with Gasteiger partial charge in [-0.05, 0) is 80.5 Å². The van der Waals surface area contributed by atoms with Gasteiger partial charge in [-0.1, -0.05) is 6.07 Å². The molecule has 0 radical (unpaired) electrons. The molecule has 6 nitrogen and oxygen atoms in total. The van der Waals surface area contributed by atoms with E-state index < -0.39 is 0 Å². The third-order valence-electron chi connectivity index (χ3n) is 7.56. The number of benzene rings is 1. The summed E-state index contributed by atoms with van der Waals surface area (Å²) in [6.07, 6.45) is 5.89. The van der Waals surface area contributed by atoms with Crippen molar-refractivity contribution >= 4 is 12.0 Å². The first-order valence-electron chi connectivity index (χ1n) is 11.1. The van der Waals surface area contributed by atoms with Gasteiger partial charge in [0, 0.05) is 24.2 Å². The molecule has 2 unspecified atom stereocenters. The summed E-state index contributed by atoms with van der Waals surface area (Å²) in [5.74, 6) is 0.952. The molecule has 1 aliphatic heterocycles. The summed E-state index contributed by atoms with van der Waals surface area (Å²) in [6, 6.07) is 4.76. The molecule has 2 N–H and O–H groups in total. The first-order chi connectivity index (χ1) is 14.4. The summed E-state index contributed by atoms with van der Waals surface area (Å²) < 4.78 is 18.6. The lowest BCUT2D eigenvalue weighted by atomic mass is 9.50. The predicted octanol–water partition coefficient (Wildman–Crippen LogP) is 3.10. The number of carbonyl (C=O) groups is 2. The summed E-state index contributed by atoms with van der Waals surface area (Å²) in [4.78, 5) is 26.9. The van der Waals surface area contributed by atoms with Gasteiger partial charge in [0.1, 0.15) is 5.82 Å². The lowest BCUT2D eigenvalue weighted by Gasteiger charge is -2.62. The van der Waals surface area contributed by atoms with E-state index in [9.17, 15) is 14.0 Å². The van der Waals surface area contributed by atoms with Crippen molar-refractivity contribution in [3.05, 3.63) is 35.1 Å². The summed E-state index contributed by atoms with van der Waals surface area (Å²) in [5, 5.41) is 6.79. The van der Waals surface area contributed by atoms with Crippen LogP contribution in [-0.4, -0.2) is 41.1 Å². The second kappa shape index (κ2) is 7.22. The Morgan fingerprint density at radius 2 is 1.83 bits per heavy atom. The molecular weight excluding hydrogens is 385 g/mol. The number of nitrogens with one attached hydrogen (secondary N) is 2. The van der Waals surface area contributed by atoms with Crippen LogP contribution in [-0.2, 0) is 22.6 Å². The molecule has 4 fully saturated rings. The fourth-order valence-electron chi connectivity index (χ4n) is 6.91. The summed E-state index contributed by atoms with van der Waals surface area (Å²) in [6.45, 7) is 3.49. The van der Waals surface area contributed by atoms with Crippen LogP contribution in [0.3, 0.4) is 0 Å². The zero-order valence-electron chi connectivity index (χ0n) is 17.5. The molecule has 6 rings (SSSR count). The van der Waals surface area contributed by atoms with Gasteiger partial charge in [-0.25, -0.2) is 9.18 Å². The van der Waals surface area contributed by atoms with Crippen molar-refractivity contribution in [1.29, 1.82) is 0 Å². The Labute approximate surface area is 176 Å². The molecule has 1 aromatic rings. The van der Waals surface area contributed by atoms with Crippen LogP contribution in [0.1, 0.15) is 56.6 Å². The van der Waals surface area contributed by atoms with Crippen molar-refractivity contribution in [2.45, 2.75) is 69.6 Å². The minimum absolute atomic E-state index is 0.0507. The molecule has 0 spiro atoms. The molecule has 7 heteroatoms. The highest BCUT2D eigenvalue weighted by atomic mass is 19.1. The Balaban J connectivity index is 1.24. The van der Waals surface area contributed by atoms with Crippen LogP contribution in [0.15, 0.2) is 18.2 Å². The summed E-state index contributed by atoms with van der Waals surface area (Å²) >= 11 is 0. The number of fused-ring (bicyclic) bond motifs is 1. The van der Waals surface area contributed by atoms with Crippen molar-refractivity contribution < 1.29 is 18.7 Å². The van der Waals surface area contributed by atoms with Crippen LogP contribution < -0.4 is 10.6 Å². The Morgan fingerprint density at radius 3 is 2.57 bits per heavy atom. The molecule has 5 aliphatic rings. The molecule has 4 aliphatic carbocycles. The van der Waals surface area contributed by atoms with E-state index in [1.807, 2.05) is 6.92 Å². The lowest BCUT2D eigenvalue weighted by Crippen LogP contribution is -2.69. The second-order valence-electron chi connectivity index (χ2n) is 9.88. The van der Waals surface area contributed by atoms with Crippen LogP contribution in [0.25, 0.3) is 0 Å². The standard InChI is InChI=1S/C23H30FN3O3/c1-2-30-21(29)26-23-9-15-5-16(10-23)8-22(7-15,14-23)25-11-20(28)27-12-17-3-4-19(24)6-18(17)13-27/h3-4,6,15-16,25H,2,5,7-14H2,1H3,(H,26,29). The number of hydrogen-bond acceptors (Lipinski definition) is 4. The highest BCUT2D eigenvalue weighted by molar-refractivity contribution is 5.79. The van der Waals surface area contributed by atoms with Gasteiger partial charge in [0.25, 0.3) is 0 Å². The molecule has 30 heavy (non-hydrogen) atoms. The highest BCUT2D eigenvalue weighted by Crippen LogP contribution is 2.57. The minimum Gasteiger partial charge on any atom is -0.450 e. The van der Waals surface area contributed by atoms with Gasteiger partial charge in [-0.3, -0.25) is 4.79 Å². The largest absolute Gasteiger partial charge is 0.450 e. The molecule has 2 amide bonds. The quantitative estimate of drug-likeness (QED) is 0.775. The van der Waals surface area contributed by atoms with Crippen molar-refractivity contribution in [3.8, 4) is 0 Å². The minimum atomic E-state index is -0.326. The molecular formula is C23H30FN3O3. The van der Waals surface area contributed by atoms with E-state index in [1.165, 1.54) is 18.6 Å². The maximum absolute atomic E-state index is 13.5. The number of halogens is 1. The third-order valence-corrected chi connectivity index (χ3v) is 7.56. The summed E-state index contributed by atoms with van der Waals surface area (Å²) in [5.41, 5.74) is 1.61. The Hall–Kier alpha value is -2.15. The lowest BCUT2D eigenvalue weighted by molar-refractivity contribution is -0.132. The van der Waals surface area contributed by atoms with E-state index in [0.717, 1.165) is 43.2 Å². The fraction of sp³-hybridized carbons (Fsp3) is 0.652. The SMILES string of the molecule is CCOC(=O)NC12CC3CC(CC(NCC(=O)N4Cc5ccc(F)cc5C4)(C3)C1)C2. The maximum atomic E-state index is 13.5. The van der Waals surface area contributed by atoms with E-state index in [4.69, 9.17) is 4.74 Å². The fourth-order valence-corrected chi connectivity index (χ4v) is 6.91. The van der Waals surface area contributed by atoms with E-state index in [1.54, 1.807) is 11.0 Å². The van der Waals surface area contributed by atoms with Crippen LogP contribution in [0, 0.1) is 17.7 Å². The number of alkyl carbamates (subject to hydrolysis) is 1. The Kier molecular flexibility index (Phi) is 4.76. The molecule has 1 aromatic carbocycles. The first kappa shape index (κ1) is 19.8. The molecule has 2 atom stereocenters. The van der Waals surface area contributed by atoms with Crippen molar-refractivity contribution in [1.82, 2.24) is 15.5 Å². The summed E-state index contributed by atoms with van der Waals surface area (Å²) in [7, 11) is 0. The van der Waals surface area contributed by atoms with Gasteiger partial charge in [-0.2, -0.15) is 0 Å². The molecule has 0 saturated heterocycles. The molecule has 162 valence electrons. The van der Waals surface area contributed by atoms with Gasteiger partial charge in [0.15, 0.2) is 0 Å². The van der Waals surface area contributed by atoms with Crippen LogP contribution in [0.5, 0.6) is 0 Å². The van der Waals surface area contributed by atoms with Crippen molar-refractivity contribution in [2.75, 3.05) is 13.2 Å². The maximum Gasteiger partial charge on any atom is 0.407 e. The monoisotopic (exact) mass is 415 g/mol. The van der Waals surface area contributed by atoms with Gasteiger partial charge < -0.3 is 20.3 Å². The third kappa shape index (κ3) is 3.57. The zero-order chi connectivity index (χ0) is 20.9. The predicted molar refractivity (Wildman–Crippen MR) is 109 cm³/mol. The number of rotatable bonds is 5. The average Bonchev–Trinajstić information content (AvgIpc) is 3.08. The molecule has 4 bridgehead atoms. The zero-order valence-corrected chi connectivity index (χ0v) is 17.5. The number of amides is 2. The highest BCUT2D eigenvalue weighted by Gasteiger charge is 2.58. The van der Waals surface area contributed by atoms with Crippen LogP contribution >= 0.6 is 0 Å². The number of hydrogen-bond donors (Lipinski definition) is 2. The van der Waals surface area contributed by atoms with E-state index in [-0.39, 0.29) is 35.4 Å². The second-order valence-corrected chi connectivity index (χ2v) is 9.88. The topological polar surface area (TPSA) is 70.7 Å². The van der Waals surface area contributed by atoms with E-state index in [0.29, 0.717) is 31.5 Å². The van der Waals surface area contributed by atoms with Crippen LogP contribution in [0.2, 0.25) is 0 Å². The number of ether oxygens (including phenoxy) is 1. The van der Waals surface area contributed by atoms with Gasteiger partial charge in [-0.15, -0.1) is 0 Å². The van der Waals surface area contributed by atoms with Gasteiger partial charge >= 0.3 is 6.09 Å². The smallest absolute Gasteiger partial charge is 0.407 e. The van der Waals surface area contributed by atoms with Gasteiger partial charge in [0.05, 0.1) is 13.2 Å². The van der Waals surface area contributed by atoms with E-state index >= 15 is 0 Å². The van der Waals surface area contributed by atoms with Crippen molar-refractivity contribution in [2.24, 2.45) is 11.8 Å². The average molecular weight is 416 g/mol. The molecule has 1 heterocycles. The van der Waals surface area contributed by atoms with Crippen molar-refractivity contribution in [3.63, 3.8) is 0 Å². The van der Waals surface area contributed by atoms with Crippen LogP contribution in [0.4, 0.5) is 9.18 Å². The molecule has 0 aromatic heterocycles. The Morgan fingerprint density at radius 1 is 1.13 bits per heavy atom. The normalized spacial score (nSPS) is 33.5. The Bertz CT molecular complexity index is 859.